The second-order valence-corrected chi connectivity index (χ2v) is 4.41. The van der Waals surface area contributed by atoms with E-state index in [1.807, 2.05) is 13.8 Å². The normalized spacial score (nSPS) is 10.5. The standard InChI is InChI=1S/C13H13ClFN3/c1-8-9(2)17-13(12(14)16-8)18(3)11-6-4-5-10(15)7-11/h4-7H,1-3H3. The topological polar surface area (TPSA) is 29.0 Å². The van der Waals surface area contributed by atoms with Gasteiger partial charge in [-0.3, -0.25) is 0 Å². The van der Waals surface area contributed by atoms with E-state index in [4.69, 9.17) is 11.6 Å². The van der Waals surface area contributed by atoms with Gasteiger partial charge < -0.3 is 4.90 Å². The molecule has 94 valence electrons. The van der Waals surface area contributed by atoms with Crippen LogP contribution in [0.1, 0.15) is 11.4 Å². The summed E-state index contributed by atoms with van der Waals surface area (Å²) in [7, 11) is 1.78. The van der Waals surface area contributed by atoms with E-state index in [2.05, 4.69) is 9.97 Å². The van der Waals surface area contributed by atoms with Crippen LogP contribution in [0, 0.1) is 19.7 Å². The van der Waals surface area contributed by atoms with Crippen molar-refractivity contribution in [3.8, 4) is 0 Å². The van der Waals surface area contributed by atoms with Crippen LogP contribution in [0.4, 0.5) is 15.9 Å². The number of hydrogen-bond acceptors (Lipinski definition) is 3. The molecule has 0 saturated carbocycles. The lowest BCUT2D eigenvalue weighted by Crippen LogP contribution is -2.13. The SMILES string of the molecule is Cc1nc(Cl)c(N(C)c2cccc(F)c2)nc1C. The average Bonchev–Trinajstić information content (AvgIpc) is 2.33. The first-order valence-corrected chi connectivity index (χ1v) is 5.87. The molecule has 0 atom stereocenters. The van der Waals surface area contributed by atoms with Crippen molar-refractivity contribution in [2.75, 3.05) is 11.9 Å². The highest BCUT2D eigenvalue weighted by atomic mass is 35.5. The van der Waals surface area contributed by atoms with Crippen molar-refractivity contribution in [2.24, 2.45) is 0 Å². The molecule has 0 bridgehead atoms. The molecule has 0 aliphatic rings. The van der Waals surface area contributed by atoms with Crippen LogP contribution in [0.15, 0.2) is 24.3 Å². The first-order valence-electron chi connectivity index (χ1n) is 5.49. The molecule has 0 saturated heterocycles. The highest BCUT2D eigenvalue weighted by Crippen LogP contribution is 2.28. The van der Waals surface area contributed by atoms with Crippen LogP contribution in [-0.4, -0.2) is 17.0 Å². The van der Waals surface area contributed by atoms with Crippen molar-refractivity contribution < 1.29 is 4.39 Å². The summed E-state index contributed by atoms with van der Waals surface area (Å²) >= 11 is 6.08. The fraction of sp³-hybridized carbons (Fsp3) is 0.231. The largest absolute Gasteiger partial charge is 0.327 e. The zero-order chi connectivity index (χ0) is 13.3. The average molecular weight is 266 g/mol. The third-order valence-electron chi connectivity index (χ3n) is 2.76. The highest BCUT2D eigenvalue weighted by molar-refractivity contribution is 6.31. The molecule has 0 amide bonds. The molecule has 0 unspecified atom stereocenters. The molecule has 2 rings (SSSR count). The van der Waals surface area contributed by atoms with Gasteiger partial charge in [0.05, 0.1) is 11.4 Å². The Morgan fingerprint density at radius 1 is 1.17 bits per heavy atom. The molecule has 5 heteroatoms. The van der Waals surface area contributed by atoms with Crippen molar-refractivity contribution in [1.82, 2.24) is 9.97 Å². The number of hydrogen-bond donors (Lipinski definition) is 0. The fourth-order valence-electron chi connectivity index (χ4n) is 1.58. The van der Waals surface area contributed by atoms with E-state index in [0.29, 0.717) is 16.7 Å². The summed E-state index contributed by atoms with van der Waals surface area (Å²) < 4.78 is 13.2. The Bertz CT molecular complexity index is 586. The van der Waals surface area contributed by atoms with Crippen LogP contribution in [0.25, 0.3) is 0 Å². The first-order chi connectivity index (χ1) is 8.49. The first kappa shape index (κ1) is 12.8. The second kappa shape index (κ2) is 4.90. The Hall–Kier alpha value is -1.68. The van der Waals surface area contributed by atoms with Crippen molar-refractivity contribution in [3.63, 3.8) is 0 Å². The van der Waals surface area contributed by atoms with Crippen LogP contribution < -0.4 is 4.90 Å². The lowest BCUT2D eigenvalue weighted by molar-refractivity contribution is 0.628. The quantitative estimate of drug-likeness (QED) is 0.830. The summed E-state index contributed by atoms with van der Waals surface area (Å²) in [5.41, 5.74) is 2.27. The Kier molecular flexibility index (Phi) is 3.48. The van der Waals surface area contributed by atoms with Gasteiger partial charge in [-0.2, -0.15) is 0 Å². The minimum absolute atomic E-state index is 0.299. The lowest BCUT2D eigenvalue weighted by atomic mass is 10.3. The molecule has 0 aliphatic carbocycles. The van der Waals surface area contributed by atoms with E-state index in [1.54, 1.807) is 24.1 Å². The summed E-state index contributed by atoms with van der Waals surface area (Å²) in [6.07, 6.45) is 0. The highest BCUT2D eigenvalue weighted by Gasteiger charge is 2.13. The number of halogens is 2. The zero-order valence-corrected chi connectivity index (χ0v) is 11.2. The van der Waals surface area contributed by atoms with Gasteiger partial charge in [-0.05, 0) is 32.0 Å². The van der Waals surface area contributed by atoms with E-state index < -0.39 is 0 Å². The fourth-order valence-corrected chi connectivity index (χ4v) is 1.88. The Morgan fingerprint density at radius 3 is 2.50 bits per heavy atom. The molecule has 0 fully saturated rings. The molecular weight excluding hydrogens is 253 g/mol. The third-order valence-corrected chi connectivity index (χ3v) is 3.01. The van der Waals surface area contributed by atoms with Gasteiger partial charge in [0.15, 0.2) is 11.0 Å². The molecule has 1 aromatic carbocycles. The van der Waals surface area contributed by atoms with E-state index in [0.717, 1.165) is 11.4 Å². The summed E-state index contributed by atoms with van der Waals surface area (Å²) in [4.78, 5) is 10.3. The molecule has 0 spiro atoms. The number of benzene rings is 1. The Labute approximate surface area is 110 Å². The molecule has 1 aromatic heterocycles. The molecule has 0 N–H and O–H groups in total. The maximum atomic E-state index is 13.2. The number of aryl methyl sites for hydroxylation is 2. The number of aromatic nitrogens is 2. The van der Waals surface area contributed by atoms with Gasteiger partial charge in [0.25, 0.3) is 0 Å². The van der Waals surface area contributed by atoms with Crippen LogP contribution in [0.3, 0.4) is 0 Å². The van der Waals surface area contributed by atoms with Crippen molar-refractivity contribution in [2.45, 2.75) is 13.8 Å². The van der Waals surface area contributed by atoms with Crippen molar-refractivity contribution >= 4 is 23.1 Å². The maximum Gasteiger partial charge on any atom is 0.172 e. The van der Waals surface area contributed by atoms with E-state index in [-0.39, 0.29) is 5.82 Å². The van der Waals surface area contributed by atoms with Gasteiger partial charge in [0.1, 0.15) is 5.82 Å². The number of rotatable bonds is 2. The minimum Gasteiger partial charge on any atom is -0.327 e. The van der Waals surface area contributed by atoms with E-state index >= 15 is 0 Å². The van der Waals surface area contributed by atoms with Crippen molar-refractivity contribution in [1.29, 1.82) is 0 Å². The molecular formula is C13H13ClFN3. The van der Waals surface area contributed by atoms with Gasteiger partial charge in [-0.15, -0.1) is 0 Å². The summed E-state index contributed by atoms with van der Waals surface area (Å²) in [6.45, 7) is 3.71. The maximum absolute atomic E-state index is 13.2. The molecule has 0 radical (unpaired) electrons. The third kappa shape index (κ3) is 2.43. The van der Waals surface area contributed by atoms with Gasteiger partial charge in [0.2, 0.25) is 0 Å². The number of anilines is 2. The Morgan fingerprint density at radius 2 is 1.83 bits per heavy atom. The summed E-state index contributed by atoms with van der Waals surface area (Å²) in [6, 6.07) is 6.25. The van der Waals surface area contributed by atoms with Gasteiger partial charge in [0, 0.05) is 12.7 Å². The molecule has 18 heavy (non-hydrogen) atoms. The monoisotopic (exact) mass is 265 g/mol. The van der Waals surface area contributed by atoms with Crippen LogP contribution in [0.5, 0.6) is 0 Å². The smallest absolute Gasteiger partial charge is 0.172 e. The second-order valence-electron chi connectivity index (χ2n) is 4.05. The number of nitrogens with zero attached hydrogens (tertiary/aromatic N) is 3. The van der Waals surface area contributed by atoms with Crippen molar-refractivity contribution in [3.05, 3.63) is 46.6 Å². The predicted molar refractivity (Wildman–Crippen MR) is 71.0 cm³/mol. The molecule has 2 aromatic rings. The van der Waals surface area contributed by atoms with E-state index in [9.17, 15) is 4.39 Å². The summed E-state index contributed by atoms with van der Waals surface area (Å²) in [5, 5.41) is 0.310. The minimum atomic E-state index is -0.299. The van der Waals surface area contributed by atoms with Crippen LogP contribution in [0.2, 0.25) is 5.15 Å². The zero-order valence-electron chi connectivity index (χ0n) is 10.4. The van der Waals surface area contributed by atoms with E-state index in [1.165, 1.54) is 12.1 Å². The van der Waals surface area contributed by atoms with Gasteiger partial charge >= 0.3 is 0 Å². The van der Waals surface area contributed by atoms with Gasteiger partial charge in [-0.1, -0.05) is 17.7 Å². The lowest BCUT2D eigenvalue weighted by Gasteiger charge is -2.20. The summed E-state index contributed by atoms with van der Waals surface area (Å²) in [5.74, 6) is 0.220. The Balaban J connectivity index is 2.46. The van der Waals surface area contributed by atoms with Crippen LogP contribution in [-0.2, 0) is 0 Å². The molecule has 3 nitrogen and oxygen atoms in total. The predicted octanol–water partition coefficient (Wildman–Crippen LogP) is 3.65. The van der Waals surface area contributed by atoms with Crippen LogP contribution >= 0.6 is 11.6 Å². The van der Waals surface area contributed by atoms with Gasteiger partial charge in [-0.25, -0.2) is 14.4 Å². The molecule has 1 heterocycles. The molecule has 0 aliphatic heterocycles.